The van der Waals surface area contributed by atoms with Gasteiger partial charge in [-0.05, 0) is 6.92 Å². The van der Waals surface area contributed by atoms with Gasteiger partial charge in [-0.3, -0.25) is 9.69 Å². The van der Waals surface area contributed by atoms with E-state index in [1.54, 1.807) is 0 Å². The molecule has 1 amide bonds. The van der Waals surface area contributed by atoms with Crippen LogP contribution in [0.25, 0.3) is 0 Å². The number of esters is 1. The summed E-state index contributed by atoms with van der Waals surface area (Å²) in [4.78, 5) is 25.9. The summed E-state index contributed by atoms with van der Waals surface area (Å²) in [5.41, 5.74) is 0.452. The Labute approximate surface area is 127 Å². The van der Waals surface area contributed by atoms with Crippen LogP contribution in [0.2, 0.25) is 0 Å². The highest BCUT2D eigenvalue weighted by Gasteiger charge is 2.63. The van der Waals surface area contributed by atoms with Crippen molar-refractivity contribution in [3.05, 3.63) is 23.9 Å². The average molecular weight is 309 g/mol. The molecular formula is C15H19NO6. The van der Waals surface area contributed by atoms with Crippen molar-refractivity contribution in [2.75, 3.05) is 13.2 Å². The smallest absolute Gasteiger partial charge is 0.355 e. The van der Waals surface area contributed by atoms with Gasteiger partial charge in [-0.1, -0.05) is 12.7 Å². The molecule has 0 aliphatic carbocycles. The number of aliphatic hydroxyl groups excluding tert-OH is 2. The van der Waals surface area contributed by atoms with Crippen molar-refractivity contribution < 1.29 is 29.3 Å². The van der Waals surface area contributed by atoms with Gasteiger partial charge in [-0.2, -0.15) is 0 Å². The first kappa shape index (κ1) is 15.2. The number of hydrogen-bond donors (Lipinski definition) is 2. The van der Waals surface area contributed by atoms with Gasteiger partial charge < -0.3 is 19.7 Å². The van der Waals surface area contributed by atoms with E-state index in [4.69, 9.17) is 9.47 Å². The van der Waals surface area contributed by atoms with Crippen LogP contribution in [0, 0.1) is 5.92 Å². The fourth-order valence-corrected chi connectivity index (χ4v) is 3.48. The maximum atomic E-state index is 12.3. The van der Waals surface area contributed by atoms with Gasteiger partial charge in [0.1, 0.15) is 18.4 Å². The lowest BCUT2D eigenvalue weighted by Gasteiger charge is -2.47. The van der Waals surface area contributed by atoms with Gasteiger partial charge in [0.2, 0.25) is 5.91 Å². The molecule has 0 saturated carbocycles. The molecule has 0 aromatic rings. The normalized spacial score (nSPS) is 34.7. The standard InChI is InChI=1S/C15H19NO6/c1-3-5-22-15(20)12-10-8(18)4-6-21-13(10)11-9(7(2)17)14(19)16(11)12/h3,7-9,11,13,17-18H,1,4-6H2,2H3/t7-,8+,9-,11+,13+/m1/s1. The molecule has 0 radical (unpaired) electrons. The van der Waals surface area contributed by atoms with E-state index in [1.807, 2.05) is 0 Å². The summed E-state index contributed by atoms with van der Waals surface area (Å²) < 4.78 is 10.7. The fraction of sp³-hybridized carbons (Fsp3) is 0.600. The van der Waals surface area contributed by atoms with Crippen molar-refractivity contribution >= 4 is 11.9 Å². The summed E-state index contributed by atoms with van der Waals surface area (Å²) in [7, 11) is 0. The van der Waals surface area contributed by atoms with Crippen LogP contribution >= 0.6 is 0 Å². The van der Waals surface area contributed by atoms with E-state index in [1.165, 1.54) is 17.9 Å². The Bertz CT molecular complexity index is 554. The van der Waals surface area contributed by atoms with Crippen molar-refractivity contribution in [3.63, 3.8) is 0 Å². The number of amides is 1. The molecule has 3 aliphatic rings. The molecular weight excluding hydrogens is 290 g/mol. The van der Waals surface area contributed by atoms with Gasteiger partial charge in [-0.25, -0.2) is 4.79 Å². The van der Waals surface area contributed by atoms with E-state index < -0.39 is 36.2 Å². The molecule has 2 saturated heterocycles. The minimum atomic E-state index is -0.849. The second-order valence-corrected chi connectivity index (χ2v) is 5.75. The highest BCUT2D eigenvalue weighted by molar-refractivity contribution is 6.01. The molecule has 0 unspecified atom stereocenters. The molecule has 22 heavy (non-hydrogen) atoms. The van der Waals surface area contributed by atoms with Crippen molar-refractivity contribution in [2.45, 2.75) is 37.7 Å². The Morgan fingerprint density at radius 1 is 1.64 bits per heavy atom. The molecule has 5 atom stereocenters. The number of β-lactam (4-membered cyclic amide) rings is 1. The predicted molar refractivity (Wildman–Crippen MR) is 74.4 cm³/mol. The Kier molecular flexibility index (Phi) is 3.80. The number of rotatable bonds is 4. The van der Waals surface area contributed by atoms with Gasteiger partial charge >= 0.3 is 5.97 Å². The molecule has 120 valence electrons. The summed E-state index contributed by atoms with van der Waals surface area (Å²) in [6.07, 6.45) is -0.471. The van der Waals surface area contributed by atoms with Crippen LogP contribution in [0.15, 0.2) is 23.9 Å². The Morgan fingerprint density at radius 3 is 3.00 bits per heavy atom. The monoisotopic (exact) mass is 309 g/mol. The minimum absolute atomic E-state index is 0.0176. The first-order valence-electron chi connectivity index (χ1n) is 7.32. The average Bonchev–Trinajstić information content (AvgIpc) is 2.76. The van der Waals surface area contributed by atoms with Crippen LogP contribution in [0.3, 0.4) is 0 Å². The zero-order chi connectivity index (χ0) is 16.0. The van der Waals surface area contributed by atoms with Crippen molar-refractivity contribution in [1.82, 2.24) is 4.90 Å². The number of carbonyl (C=O) groups excluding carboxylic acids is 2. The van der Waals surface area contributed by atoms with Gasteiger partial charge in [-0.15, -0.1) is 0 Å². The largest absolute Gasteiger partial charge is 0.457 e. The van der Waals surface area contributed by atoms with Crippen molar-refractivity contribution in [3.8, 4) is 0 Å². The first-order chi connectivity index (χ1) is 10.5. The maximum absolute atomic E-state index is 12.3. The molecule has 7 heteroatoms. The molecule has 3 aliphatic heterocycles. The zero-order valence-electron chi connectivity index (χ0n) is 12.3. The number of ether oxygens (including phenoxy) is 2. The maximum Gasteiger partial charge on any atom is 0.355 e. The van der Waals surface area contributed by atoms with Crippen molar-refractivity contribution in [2.24, 2.45) is 5.92 Å². The third kappa shape index (κ3) is 2.00. The van der Waals surface area contributed by atoms with Gasteiger partial charge in [0.05, 0.1) is 30.8 Å². The second-order valence-electron chi connectivity index (χ2n) is 5.75. The SMILES string of the molecule is C=CCOC(=O)C1=C2[C@@H](O)CCO[C@@H]2[C@@H]2[C@@H]([C@@H](C)O)C(=O)N12. The summed E-state index contributed by atoms with van der Waals surface area (Å²) in [6, 6.07) is -0.455. The molecule has 7 nitrogen and oxygen atoms in total. The lowest BCUT2D eigenvalue weighted by Crippen LogP contribution is -2.65. The fourth-order valence-electron chi connectivity index (χ4n) is 3.48. The molecule has 0 aromatic carbocycles. The van der Waals surface area contributed by atoms with Crippen molar-refractivity contribution in [1.29, 1.82) is 0 Å². The van der Waals surface area contributed by atoms with Crippen LogP contribution in [0.5, 0.6) is 0 Å². The highest BCUT2D eigenvalue weighted by Crippen LogP contribution is 2.47. The summed E-state index contributed by atoms with van der Waals surface area (Å²) in [6.45, 7) is 5.37. The Hall–Kier alpha value is -1.70. The number of fused-ring (bicyclic) bond motifs is 3. The lowest BCUT2D eigenvalue weighted by molar-refractivity contribution is -0.169. The predicted octanol–water partition coefficient (Wildman–Crippen LogP) is -0.659. The topological polar surface area (TPSA) is 96.3 Å². The van der Waals surface area contributed by atoms with E-state index in [0.717, 1.165) is 0 Å². The van der Waals surface area contributed by atoms with Gasteiger partial charge in [0.15, 0.2) is 0 Å². The highest BCUT2D eigenvalue weighted by atomic mass is 16.5. The number of hydrogen-bond acceptors (Lipinski definition) is 6. The van der Waals surface area contributed by atoms with E-state index >= 15 is 0 Å². The summed E-state index contributed by atoms with van der Waals surface area (Å²) in [5.74, 6) is -1.65. The van der Waals surface area contributed by atoms with Crippen LogP contribution in [-0.2, 0) is 19.1 Å². The molecule has 2 N–H and O–H groups in total. The van der Waals surface area contributed by atoms with Crippen LogP contribution in [-0.4, -0.2) is 64.6 Å². The Morgan fingerprint density at radius 2 is 2.36 bits per heavy atom. The van der Waals surface area contributed by atoms with E-state index in [9.17, 15) is 19.8 Å². The number of aliphatic hydroxyl groups is 2. The third-order valence-corrected chi connectivity index (χ3v) is 4.41. The lowest BCUT2D eigenvalue weighted by atomic mass is 9.80. The van der Waals surface area contributed by atoms with E-state index in [0.29, 0.717) is 18.6 Å². The molecule has 3 rings (SSSR count). The van der Waals surface area contributed by atoms with Crippen LogP contribution in [0.1, 0.15) is 13.3 Å². The third-order valence-electron chi connectivity index (χ3n) is 4.41. The molecule has 2 fully saturated rings. The quantitative estimate of drug-likeness (QED) is 0.407. The Balaban J connectivity index is 1.97. The number of nitrogens with zero attached hydrogens (tertiary/aromatic N) is 1. The first-order valence-corrected chi connectivity index (χ1v) is 7.32. The van der Waals surface area contributed by atoms with Crippen LogP contribution < -0.4 is 0 Å². The molecule has 0 aromatic heterocycles. The van der Waals surface area contributed by atoms with E-state index in [-0.39, 0.29) is 18.2 Å². The van der Waals surface area contributed by atoms with Crippen LogP contribution in [0.4, 0.5) is 0 Å². The second kappa shape index (κ2) is 5.49. The zero-order valence-corrected chi connectivity index (χ0v) is 12.3. The molecule has 0 spiro atoms. The minimum Gasteiger partial charge on any atom is -0.457 e. The van der Waals surface area contributed by atoms with Gasteiger partial charge in [0.25, 0.3) is 0 Å². The summed E-state index contributed by atoms with van der Waals surface area (Å²) >= 11 is 0. The number of carbonyl (C=O) groups is 2. The van der Waals surface area contributed by atoms with Gasteiger partial charge in [0, 0.05) is 12.0 Å². The molecule has 3 heterocycles. The van der Waals surface area contributed by atoms with E-state index in [2.05, 4.69) is 6.58 Å². The summed E-state index contributed by atoms with van der Waals surface area (Å²) in [5, 5.41) is 20.0. The molecule has 0 bridgehead atoms.